The van der Waals surface area contributed by atoms with Gasteiger partial charge < -0.3 is 9.47 Å². The number of ether oxygens (including phenoxy) is 2. The van der Waals surface area contributed by atoms with Gasteiger partial charge in [0.1, 0.15) is 6.61 Å². The first-order valence-corrected chi connectivity index (χ1v) is 11.7. The molecule has 12 heteroatoms. The highest BCUT2D eigenvalue weighted by Gasteiger charge is 2.54. The minimum Gasteiger partial charge on any atom is -0.381 e. The number of piperidine rings is 1. The van der Waals surface area contributed by atoms with Gasteiger partial charge in [0, 0.05) is 45.8 Å². The molecule has 0 bridgehead atoms. The first-order chi connectivity index (χ1) is 14.1. The van der Waals surface area contributed by atoms with E-state index in [2.05, 4.69) is 4.74 Å². The smallest absolute Gasteiger partial charge is 0.381 e. The molecule has 2 N–H and O–H groups in total. The second-order valence-corrected chi connectivity index (χ2v) is 10.2. The number of hydroxylamine groups is 1. The van der Waals surface area contributed by atoms with E-state index in [1.807, 2.05) is 0 Å². The summed E-state index contributed by atoms with van der Waals surface area (Å²) in [6, 6.07) is 0. The van der Waals surface area contributed by atoms with Crippen molar-refractivity contribution in [3.05, 3.63) is 0 Å². The van der Waals surface area contributed by atoms with Crippen LogP contribution in [0.3, 0.4) is 0 Å². The summed E-state index contributed by atoms with van der Waals surface area (Å²) in [6.07, 6.45) is 0.0738. The number of hydrogen-bond donors (Lipinski definition) is 2. The number of unbranched alkanes of at least 4 members (excludes halogenated alkanes) is 2. The van der Waals surface area contributed by atoms with Gasteiger partial charge in [-0.2, -0.15) is 13.2 Å². The lowest BCUT2D eigenvalue weighted by Crippen LogP contribution is -2.60. The molecule has 0 unspecified atom stereocenters. The van der Waals surface area contributed by atoms with E-state index in [1.165, 1.54) is 9.79 Å². The van der Waals surface area contributed by atoms with Crippen molar-refractivity contribution in [2.24, 2.45) is 5.92 Å². The van der Waals surface area contributed by atoms with Crippen molar-refractivity contribution in [2.45, 2.75) is 62.3 Å². The summed E-state index contributed by atoms with van der Waals surface area (Å²) in [7, 11) is -3.96. The lowest BCUT2D eigenvalue weighted by atomic mass is 9.92. The average molecular weight is 461 g/mol. The summed E-state index contributed by atoms with van der Waals surface area (Å²) in [4.78, 5) is 12.3. The Kier molecular flexibility index (Phi) is 9.34. The van der Waals surface area contributed by atoms with E-state index in [0.29, 0.717) is 38.3 Å². The molecular formula is C18H31F3N2O6S. The lowest BCUT2D eigenvalue weighted by Gasteiger charge is -2.40. The van der Waals surface area contributed by atoms with Gasteiger partial charge in [0.2, 0.25) is 10.0 Å². The van der Waals surface area contributed by atoms with Crippen LogP contribution in [0.4, 0.5) is 13.2 Å². The van der Waals surface area contributed by atoms with Crippen molar-refractivity contribution >= 4 is 15.9 Å². The van der Waals surface area contributed by atoms with E-state index in [9.17, 15) is 26.4 Å². The maximum Gasteiger partial charge on any atom is 0.411 e. The predicted molar refractivity (Wildman–Crippen MR) is 101 cm³/mol. The normalized spacial score (nSPS) is 21.5. The molecule has 0 spiro atoms. The van der Waals surface area contributed by atoms with Gasteiger partial charge in [-0.05, 0) is 25.2 Å². The first-order valence-electron chi connectivity index (χ1n) is 10.3. The summed E-state index contributed by atoms with van der Waals surface area (Å²) in [5, 5.41) is 9.08. The number of nitrogens with zero attached hydrogens (tertiary/aromatic N) is 1. The number of carbonyl (C=O) groups is 1. The van der Waals surface area contributed by atoms with E-state index in [4.69, 9.17) is 9.94 Å². The van der Waals surface area contributed by atoms with Crippen molar-refractivity contribution in [3.8, 4) is 0 Å². The number of carbonyl (C=O) groups excluding carboxylic acids is 1. The maximum atomic E-state index is 13.2. The van der Waals surface area contributed by atoms with Gasteiger partial charge >= 0.3 is 6.18 Å². The number of hydrogen-bond acceptors (Lipinski definition) is 6. The summed E-state index contributed by atoms with van der Waals surface area (Å²) >= 11 is 0. The Balaban J connectivity index is 1.76. The number of rotatable bonds is 10. The van der Waals surface area contributed by atoms with E-state index in [0.717, 1.165) is 19.3 Å². The molecule has 2 aliphatic heterocycles. The van der Waals surface area contributed by atoms with E-state index in [1.54, 1.807) is 0 Å². The largest absolute Gasteiger partial charge is 0.411 e. The van der Waals surface area contributed by atoms with Crippen LogP contribution in [-0.2, 0) is 24.3 Å². The molecule has 2 fully saturated rings. The summed E-state index contributed by atoms with van der Waals surface area (Å²) < 4.78 is 71.8. The molecule has 0 aromatic rings. The van der Waals surface area contributed by atoms with Crippen molar-refractivity contribution in [3.63, 3.8) is 0 Å². The third kappa shape index (κ3) is 6.52. The van der Waals surface area contributed by atoms with Crippen LogP contribution >= 0.6 is 0 Å². The highest BCUT2D eigenvalue weighted by Crippen LogP contribution is 2.35. The number of alkyl halides is 3. The second-order valence-electron chi connectivity index (χ2n) is 7.91. The van der Waals surface area contributed by atoms with Gasteiger partial charge in [0.05, 0.1) is 0 Å². The second kappa shape index (κ2) is 11.1. The maximum absolute atomic E-state index is 13.2. The average Bonchev–Trinajstić information content (AvgIpc) is 2.72. The third-order valence-electron chi connectivity index (χ3n) is 5.89. The number of sulfonamides is 1. The highest BCUT2D eigenvalue weighted by atomic mass is 32.2. The molecule has 1 amide bonds. The molecule has 2 saturated heterocycles. The summed E-state index contributed by atoms with van der Waals surface area (Å²) in [5.74, 6) is -0.578. The predicted octanol–water partition coefficient (Wildman–Crippen LogP) is 2.22. The van der Waals surface area contributed by atoms with Crippen LogP contribution in [0.1, 0.15) is 51.4 Å². The highest BCUT2D eigenvalue weighted by molar-refractivity contribution is 7.91. The fourth-order valence-corrected chi connectivity index (χ4v) is 6.24. The number of amides is 1. The Hall–Kier alpha value is -0.950. The quantitative estimate of drug-likeness (QED) is 0.294. The summed E-state index contributed by atoms with van der Waals surface area (Å²) in [5.41, 5.74) is 1.51. The third-order valence-corrected chi connectivity index (χ3v) is 8.52. The van der Waals surface area contributed by atoms with Crippen molar-refractivity contribution in [1.82, 2.24) is 9.79 Å². The Morgan fingerprint density at radius 1 is 1.17 bits per heavy atom. The van der Waals surface area contributed by atoms with Crippen molar-refractivity contribution in [1.29, 1.82) is 0 Å². The minimum absolute atomic E-state index is 0.00192. The number of nitrogens with one attached hydrogen (secondary N) is 1. The van der Waals surface area contributed by atoms with Crippen LogP contribution in [0.15, 0.2) is 0 Å². The van der Waals surface area contributed by atoms with Crippen LogP contribution in [-0.4, -0.2) is 74.3 Å². The van der Waals surface area contributed by atoms with E-state index in [-0.39, 0.29) is 32.7 Å². The zero-order valence-electron chi connectivity index (χ0n) is 17.0. The van der Waals surface area contributed by atoms with Crippen LogP contribution in [0, 0.1) is 5.92 Å². The lowest BCUT2D eigenvalue weighted by molar-refractivity contribution is -0.174. The molecule has 0 aromatic heterocycles. The molecule has 2 rings (SSSR count). The molecule has 30 heavy (non-hydrogen) atoms. The monoisotopic (exact) mass is 460 g/mol. The molecular weight excluding hydrogens is 429 g/mol. The summed E-state index contributed by atoms with van der Waals surface area (Å²) in [6.45, 7) is -0.256. The topological polar surface area (TPSA) is 105 Å². The van der Waals surface area contributed by atoms with E-state index >= 15 is 0 Å². The molecule has 0 atom stereocenters. The number of halogens is 3. The molecule has 0 aromatic carbocycles. The van der Waals surface area contributed by atoms with Gasteiger partial charge in [0.15, 0.2) is 4.75 Å². The fourth-order valence-electron chi connectivity index (χ4n) is 4.09. The molecule has 0 radical (unpaired) electrons. The van der Waals surface area contributed by atoms with Crippen LogP contribution in [0.2, 0.25) is 0 Å². The standard InChI is InChI=1S/C18H31F3N2O6S/c19-18(20,21)14-29-11-3-1-2-4-15-5-9-23(10-6-15)30(26,27)17(16(24)22-25)7-12-28-13-8-17/h15,25H,1-14H2,(H,22,24). The SMILES string of the molecule is O=C(NO)C1(S(=O)(=O)N2CCC(CCCCCOCC(F)(F)F)CC2)CCOCC1. The van der Waals surface area contributed by atoms with Crippen molar-refractivity contribution < 1.29 is 41.1 Å². The zero-order chi connectivity index (χ0) is 22.3. The van der Waals surface area contributed by atoms with Crippen molar-refractivity contribution in [2.75, 3.05) is 39.5 Å². The molecule has 0 saturated carbocycles. The first kappa shape index (κ1) is 25.3. The van der Waals surface area contributed by atoms with Crippen LogP contribution < -0.4 is 5.48 Å². The van der Waals surface area contributed by atoms with Gasteiger partial charge in [-0.3, -0.25) is 10.0 Å². The Morgan fingerprint density at radius 3 is 2.37 bits per heavy atom. The molecule has 2 heterocycles. The van der Waals surface area contributed by atoms with Gasteiger partial charge in [-0.25, -0.2) is 18.2 Å². The molecule has 0 aliphatic carbocycles. The zero-order valence-corrected chi connectivity index (χ0v) is 17.8. The fraction of sp³-hybridized carbons (Fsp3) is 0.944. The Bertz CT molecular complexity index is 645. The van der Waals surface area contributed by atoms with Gasteiger partial charge in [0.25, 0.3) is 5.91 Å². The van der Waals surface area contributed by atoms with Gasteiger partial charge in [-0.1, -0.05) is 19.3 Å². The van der Waals surface area contributed by atoms with E-state index < -0.39 is 33.5 Å². The Labute approximate surface area is 175 Å². The molecule has 176 valence electrons. The van der Waals surface area contributed by atoms with Gasteiger partial charge in [-0.15, -0.1) is 0 Å². The minimum atomic E-state index is -4.30. The Morgan fingerprint density at radius 2 is 1.80 bits per heavy atom. The molecule has 8 nitrogen and oxygen atoms in total. The van der Waals surface area contributed by atoms with Crippen LogP contribution in [0.25, 0.3) is 0 Å². The molecule has 2 aliphatic rings. The van der Waals surface area contributed by atoms with Crippen LogP contribution in [0.5, 0.6) is 0 Å².